The van der Waals surface area contributed by atoms with Crippen molar-refractivity contribution in [1.29, 1.82) is 0 Å². The molecule has 7 heteroatoms. The molecule has 0 radical (unpaired) electrons. The first-order valence-electron chi connectivity index (χ1n) is 9.95. The smallest absolute Gasteiger partial charge is 0.341 e. The zero-order valence-electron chi connectivity index (χ0n) is 17.5. The van der Waals surface area contributed by atoms with Crippen molar-refractivity contribution in [3.63, 3.8) is 0 Å². The second-order valence-electron chi connectivity index (χ2n) is 6.64. The number of nitrogens with zero attached hydrogens (tertiary/aromatic N) is 1. The summed E-state index contributed by atoms with van der Waals surface area (Å²) in [4.78, 5) is 23.9. The number of hydrogen-bond acceptors (Lipinski definition) is 5. The second kappa shape index (κ2) is 10.9. The molecule has 0 saturated carbocycles. The Morgan fingerprint density at radius 2 is 1.45 bits per heavy atom. The fourth-order valence-electron chi connectivity index (χ4n) is 3.28. The molecule has 6 nitrogen and oxygen atoms in total. The molecular formula is C24H24BrNO5. The molecule has 1 heterocycles. The molecule has 2 aromatic carbocycles. The number of ether oxygens (including phenoxy) is 3. The number of rotatable bonds is 9. The minimum atomic E-state index is -0.413. The van der Waals surface area contributed by atoms with E-state index >= 15 is 0 Å². The number of carbonyl (C=O) groups is 2. The van der Waals surface area contributed by atoms with Gasteiger partial charge >= 0.3 is 11.9 Å². The molecule has 31 heavy (non-hydrogen) atoms. The minimum absolute atomic E-state index is 0.157. The van der Waals surface area contributed by atoms with Crippen molar-refractivity contribution in [2.24, 2.45) is 0 Å². The Bertz CT molecular complexity index is 1030. The highest BCUT2D eigenvalue weighted by molar-refractivity contribution is 9.10. The van der Waals surface area contributed by atoms with Crippen molar-refractivity contribution in [2.45, 2.75) is 20.6 Å². The lowest BCUT2D eigenvalue weighted by Crippen LogP contribution is -2.12. The van der Waals surface area contributed by atoms with E-state index in [2.05, 4.69) is 15.9 Å². The van der Waals surface area contributed by atoms with Crippen LogP contribution in [0.1, 0.15) is 24.2 Å². The van der Waals surface area contributed by atoms with E-state index in [9.17, 15) is 9.59 Å². The van der Waals surface area contributed by atoms with E-state index in [1.54, 1.807) is 6.92 Å². The monoisotopic (exact) mass is 485 g/mol. The minimum Gasteiger partial charge on any atom is -0.463 e. The normalized spacial score (nSPS) is 10.7. The van der Waals surface area contributed by atoms with Gasteiger partial charge in [0.2, 0.25) is 0 Å². The van der Waals surface area contributed by atoms with Gasteiger partial charge in [-0.25, -0.2) is 4.79 Å². The highest BCUT2D eigenvalue weighted by Crippen LogP contribution is 2.41. The zero-order valence-corrected chi connectivity index (χ0v) is 19.1. The van der Waals surface area contributed by atoms with Gasteiger partial charge in [0.15, 0.2) is 0 Å². The second-order valence-corrected chi connectivity index (χ2v) is 7.44. The maximum Gasteiger partial charge on any atom is 0.341 e. The van der Waals surface area contributed by atoms with E-state index in [4.69, 9.17) is 14.2 Å². The number of halogens is 1. The summed E-state index contributed by atoms with van der Waals surface area (Å²) < 4.78 is 18.7. The van der Waals surface area contributed by atoms with Gasteiger partial charge in [0.25, 0.3) is 0 Å². The predicted molar refractivity (Wildman–Crippen MR) is 122 cm³/mol. The number of aromatic nitrogens is 1. The van der Waals surface area contributed by atoms with Crippen LogP contribution in [-0.4, -0.2) is 36.3 Å². The average molecular weight is 486 g/mol. The van der Waals surface area contributed by atoms with Crippen molar-refractivity contribution in [1.82, 2.24) is 4.57 Å². The summed E-state index contributed by atoms with van der Waals surface area (Å²) in [6.45, 7) is 3.95. The molecule has 162 valence electrons. The van der Waals surface area contributed by atoms with E-state index in [-0.39, 0.29) is 32.5 Å². The molecule has 1 aromatic heterocycles. The molecular weight excluding hydrogens is 462 g/mol. The Morgan fingerprint density at radius 3 is 2.00 bits per heavy atom. The van der Waals surface area contributed by atoms with Gasteiger partial charge in [-0.2, -0.15) is 0 Å². The summed E-state index contributed by atoms with van der Waals surface area (Å²) >= 11 is 3.65. The van der Waals surface area contributed by atoms with Crippen LogP contribution in [0.25, 0.3) is 22.5 Å². The Kier molecular flexibility index (Phi) is 8.03. The van der Waals surface area contributed by atoms with Gasteiger partial charge in [-0.3, -0.25) is 4.79 Å². The van der Waals surface area contributed by atoms with Crippen LogP contribution in [0.2, 0.25) is 0 Å². The molecule has 0 aliphatic heterocycles. The topological polar surface area (TPSA) is 66.8 Å². The van der Waals surface area contributed by atoms with E-state index in [0.717, 1.165) is 16.8 Å². The largest absolute Gasteiger partial charge is 0.463 e. The van der Waals surface area contributed by atoms with Crippen LogP contribution < -0.4 is 0 Å². The summed E-state index contributed by atoms with van der Waals surface area (Å²) in [7, 11) is 0. The summed E-state index contributed by atoms with van der Waals surface area (Å²) in [6.07, 6.45) is 0. The Morgan fingerprint density at radius 1 is 0.871 bits per heavy atom. The number of esters is 2. The van der Waals surface area contributed by atoms with E-state index in [0.29, 0.717) is 15.7 Å². The Hall–Kier alpha value is -2.90. The average Bonchev–Trinajstić information content (AvgIpc) is 3.06. The van der Waals surface area contributed by atoms with Crippen molar-refractivity contribution >= 4 is 27.9 Å². The molecule has 3 rings (SSSR count). The summed E-state index contributed by atoms with van der Waals surface area (Å²) in [5.74, 6) is -0.768. The summed E-state index contributed by atoms with van der Waals surface area (Å²) in [5, 5.41) is 0. The van der Waals surface area contributed by atoms with Crippen molar-refractivity contribution < 1.29 is 23.8 Å². The lowest BCUT2D eigenvalue weighted by Gasteiger charge is -2.15. The van der Waals surface area contributed by atoms with E-state index in [1.165, 1.54) is 6.92 Å². The third-order valence-electron chi connectivity index (χ3n) is 4.53. The lowest BCUT2D eigenvalue weighted by molar-refractivity contribution is -0.142. The standard InChI is InChI=1S/C24H24BrNO5/c1-3-30-24(28)20-21(25)23(19-12-8-5-9-13-19)26(16-29-14-15-31-17(2)27)22(20)18-10-6-4-7-11-18/h4-13H,3,14-16H2,1-2H3. The zero-order chi connectivity index (χ0) is 22.2. The SMILES string of the molecule is CCOC(=O)c1c(Br)c(-c2ccccc2)n(COCCOC(C)=O)c1-c1ccccc1. The fraction of sp³-hybridized carbons (Fsp3) is 0.250. The van der Waals surface area contributed by atoms with Crippen molar-refractivity contribution in [3.05, 3.63) is 70.7 Å². The van der Waals surface area contributed by atoms with Crippen LogP contribution in [0.4, 0.5) is 0 Å². The van der Waals surface area contributed by atoms with Crippen LogP contribution in [0.15, 0.2) is 65.1 Å². The van der Waals surface area contributed by atoms with Gasteiger partial charge in [0.1, 0.15) is 18.9 Å². The molecule has 0 bridgehead atoms. The molecule has 0 aliphatic rings. The first kappa shape index (κ1) is 22.8. The number of hydrogen-bond donors (Lipinski definition) is 0. The summed E-state index contributed by atoms with van der Waals surface area (Å²) in [5.41, 5.74) is 3.71. The quantitative estimate of drug-likeness (QED) is 0.304. The van der Waals surface area contributed by atoms with Gasteiger partial charge in [-0.05, 0) is 34.0 Å². The first-order valence-corrected chi connectivity index (χ1v) is 10.7. The predicted octanol–water partition coefficient (Wildman–Crippen LogP) is 5.30. The molecule has 0 spiro atoms. The van der Waals surface area contributed by atoms with Gasteiger partial charge in [0, 0.05) is 6.92 Å². The fourth-order valence-corrected chi connectivity index (χ4v) is 4.07. The van der Waals surface area contributed by atoms with Crippen LogP contribution in [-0.2, 0) is 25.7 Å². The molecule has 3 aromatic rings. The molecule has 0 unspecified atom stereocenters. The third-order valence-corrected chi connectivity index (χ3v) is 5.30. The van der Waals surface area contributed by atoms with E-state index in [1.807, 2.05) is 65.2 Å². The molecule has 0 aliphatic carbocycles. The molecule has 0 N–H and O–H groups in total. The van der Waals surface area contributed by atoms with Gasteiger partial charge in [-0.15, -0.1) is 0 Å². The van der Waals surface area contributed by atoms with Gasteiger partial charge in [0.05, 0.1) is 29.1 Å². The summed E-state index contributed by atoms with van der Waals surface area (Å²) in [6, 6.07) is 19.4. The molecule has 0 saturated heterocycles. The van der Waals surface area contributed by atoms with Crippen LogP contribution >= 0.6 is 15.9 Å². The highest BCUT2D eigenvalue weighted by atomic mass is 79.9. The van der Waals surface area contributed by atoms with E-state index < -0.39 is 5.97 Å². The Balaban J connectivity index is 2.12. The maximum absolute atomic E-state index is 12.9. The lowest BCUT2D eigenvalue weighted by atomic mass is 10.1. The third kappa shape index (κ3) is 5.42. The van der Waals surface area contributed by atoms with Crippen LogP contribution in [0.3, 0.4) is 0 Å². The van der Waals surface area contributed by atoms with Gasteiger partial charge < -0.3 is 18.8 Å². The van der Waals surface area contributed by atoms with Crippen molar-refractivity contribution in [2.75, 3.05) is 19.8 Å². The number of carbonyl (C=O) groups excluding carboxylic acids is 2. The van der Waals surface area contributed by atoms with Crippen molar-refractivity contribution in [3.8, 4) is 22.5 Å². The first-order chi connectivity index (χ1) is 15.0. The Labute approximate surface area is 189 Å². The maximum atomic E-state index is 12.9. The molecule has 0 fully saturated rings. The molecule has 0 amide bonds. The van der Waals surface area contributed by atoms with Crippen LogP contribution in [0.5, 0.6) is 0 Å². The number of benzene rings is 2. The van der Waals surface area contributed by atoms with Crippen LogP contribution in [0, 0.1) is 0 Å². The molecule has 0 atom stereocenters. The highest BCUT2D eigenvalue weighted by Gasteiger charge is 2.28. The van der Waals surface area contributed by atoms with Gasteiger partial charge in [-0.1, -0.05) is 60.7 Å².